The summed E-state index contributed by atoms with van der Waals surface area (Å²) in [4.78, 5) is 6.97. The molecule has 3 aromatic rings. The standard InChI is InChI=1S/C24H28N4OS/c1-4-5-16-27-23(22(26-24(27)30)20-8-6-7-15-25-20)21-14-9-17(2)28(21)18-10-12-19(29-3)13-11-18/h6-15,22-23H,4-5,16H2,1-3H3,(H,26,30)/t22-,23-/m1/s1. The van der Waals surface area contributed by atoms with Crippen molar-refractivity contribution in [1.29, 1.82) is 0 Å². The number of hydrogen-bond donors (Lipinski definition) is 1. The van der Waals surface area contributed by atoms with Crippen LogP contribution in [0.15, 0.2) is 60.8 Å². The van der Waals surface area contributed by atoms with E-state index >= 15 is 0 Å². The van der Waals surface area contributed by atoms with E-state index in [9.17, 15) is 0 Å². The molecular weight excluding hydrogens is 392 g/mol. The molecule has 3 heterocycles. The molecule has 6 heteroatoms. The minimum absolute atomic E-state index is 0.00172. The number of ether oxygens (including phenoxy) is 1. The van der Waals surface area contributed by atoms with Gasteiger partial charge in [-0.2, -0.15) is 0 Å². The second-order valence-corrected chi connectivity index (χ2v) is 7.99. The first-order valence-corrected chi connectivity index (χ1v) is 10.9. The van der Waals surface area contributed by atoms with Gasteiger partial charge in [0.05, 0.1) is 24.9 Å². The second kappa shape index (κ2) is 8.88. The maximum atomic E-state index is 5.77. The van der Waals surface area contributed by atoms with E-state index in [-0.39, 0.29) is 12.1 Å². The summed E-state index contributed by atoms with van der Waals surface area (Å²) in [6.45, 7) is 5.27. The molecule has 0 amide bonds. The molecule has 30 heavy (non-hydrogen) atoms. The van der Waals surface area contributed by atoms with Crippen LogP contribution in [0.25, 0.3) is 5.69 Å². The summed E-state index contributed by atoms with van der Waals surface area (Å²) in [5.41, 5.74) is 4.50. The molecule has 1 saturated heterocycles. The van der Waals surface area contributed by atoms with Crippen molar-refractivity contribution in [2.24, 2.45) is 0 Å². The van der Waals surface area contributed by atoms with Crippen LogP contribution in [-0.4, -0.2) is 33.2 Å². The zero-order valence-corrected chi connectivity index (χ0v) is 18.5. The van der Waals surface area contributed by atoms with Crippen LogP contribution in [-0.2, 0) is 0 Å². The van der Waals surface area contributed by atoms with Gasteiger partial charge in [-0.1, -0.05) is 19.4 Å². The van der Waals surface area contributed by atoms with Gasteiger partial charge in [-0.25, -0.2) is 0 Å². The molecule has 0 aliphatic carbocycles. The van der Waals surface area contributed by atoms with E-state index in [1.165, 1.54) is 11.4 Å². The molecule has 5 nitrogen and oxygen atoms in total. The fourth-order valence-electron chi connectivity index (χ4n) is 4.17. The van der Waals surface area contributed by atoms with Gasteiger partial charge in [-0.3, -0.25) is 4.98 Å². The minimum atomic E-state index is 0.00172. The Kier molecular flexibility index (Phi) is 6.04. The SMILES string of the molecule is CCCCN1C(=S)N[C@H](c2ccccn2)[C@H]1c1ccc(C)n1-c1ccc(OC)cc1. The van der Waals surface area contributed by atoms with Crippen molar-refractivity contribution in [3.63, 3.8) is 0 Å². The minimum Gasteiger partial charge on any atom is -0.497 e. The lowest BCUT2D eigenvalue weighted by Crippen LogP contribution is -2.31. The molecule has 4 rings (SSSR count). The predicted molar refractivity (Wildman–Crippen MR) is 124 cm³/mol. The van der Waals surface area contributed by atoms with E-state index in [0.29, 0.717) is 0 Å². The van der Waals surface area contributed by atoms with Gasteiger partial charge in [0.15, 0.2) is 5.11 Å². The molecule has 1 fully saturated rings. The van der Waals surface area contributed by atoms with Gasteiger partial charge in [0, 0.05) is 29.8 Å². The lowest BCUT2D eigenvalue weighted by Gasteiger charge is -2.29. The topological polar surface area (TPSA) is 42.3 Å². The number of nitrogens with zero attached hydrogens (tertiary/aromatic N) is 3. The third-order valence-electron chi connectivity index (χ3n) is 5.69. The van der Waals surface area contributed by atoms with Crippen molar-refractivity contribution in [2.45, 2.75) is 38.8 Å². The van der Waals surface area contributed by atoms with E-state index in [1.54, 1.807) is 7.11 Å². The number of thiocarbonyl (C=S) groups is 1. The first-order valence-electron chi connectivity index (χ1n) is 10.4. The highest BCUT2D eigenvalue weighted by atomic mass is 32.1. The lowest BCUT2D eigenvalue weighted by molar-refractivity contribution is 0.304. The quantitative estimate of drug-likeness (QED) is 0.547. The molecule has 2 atom stereocenters. The van der Waals surface area contributed by atoms with Gasteiger partial charge in [0.25, 0.3) is 0 Å². The molecule has 2 aromatic heterocycles. The molecule has 1 aliphatic heterocycles. The van der Waals surface area contributed by atoms with Crippen LogP contribution in [0.1, 0.15) is 48.9 Å². The first-order chi connectivity index (χ1) is 14.6. The summed E-state index contributed by atoms with van der Waals surface area (Å²) in [6.07, 6.45) is 4.06. The average molecular weight is 421 g/mol. The number of nitrogens with one attached hydrogen (secondary N) is 1. The Labute approximate surface area is 183 Å². The molecule has 0 radical (unpaired) electrons. The van der Waals surface area contributed by atoms with Crippen LogP contribution in [0.3, 0.4) is 0 Å². The zero-order valence-electron chi connectivity index (χ0n) is 17.7. The van der Waals surface area contributed by atoms with Gasteiger partial charge in [-0.05, 0) is 74.1 Å². The van der Waals surface area contributed by atoms with E-state index in [2.05, 4.69) is 63.9 Å². The Morgan fingerprint density at radius 1 is 1.10 bits per heavy atom. The highest BCUT2D eigenvalue weighted by Gasteiger charge is 2.41. The van der Waals surface area contributed by atoms with E-state index in [4.69, 9.17) is 17.0 Å². The monoisotopic (exact) mass is 420 g/mol. The van der Waals surface area contributed by atoms with Crippen molar-refractivity contribution in [1.82, 2.24) is 19.8 Å². The molecular formula is C24H28N4OS. The van der Waals surface area contributed by atoms with Gasteiger partial charge in [-0.15, -0.1) is 0 Å². The van der Waals surface area contributed by atoms with Gasteiger partial charge in [0.1, 0.15) is 5.75 Å². The number of hydrogen-bond acceptors (Lipinski definition) is 3. The van der Waals surface area contributed by atoms with Gasteiger partial charge < -0.3 is 19.5 Å². The van der Waals surface area contributed by atoms with Crippen LogP contribution >= 0.6 is 12.2 Å². The number of rotatable bonds is 7. The number of methoxy groups -OCH3 is 1. The number of benzene rings is 1. The molecule has 1 aliphatic rings. The Morgan fingerprint density at radius 3 is 2.57 bits per heavy atom. The van der Waals surface area contributed by atoms with Crippen LogP contribution in [0.4, 0.5) is 0 Å². The number of aryl methyl sites for hydroxylation is 1. The average Bonchev–Trinajstić information content (AvgIpc) is 3.32. The number of aromatic nitrogens is 2. The highest BCUT2D eigenvalue weighted by molar-refractivity contribution is 7.80. The van der Waals surface area contributed by atoms with Crippen LogP contribution < -0.4 is 10.1 Å². The van der Waals surface area contributed by atoms with E-state index < -0.39 is 0 Å². The maximum Gasteiger partial charge on any atom is 0.170 e. The summed E-state index contributed by atoms with van der Waals surface area (Å²) < 4.78 is 7.66. The normalized spacial score (nSPS) is 18.5. The third-order valence-corrected chi connectivity index (χ3v) is 6.04. The molecule has 156 valence electrons. The van der Waals surface area contributed by atoms with Crippen LogP contribution in [0.2, 0.25) is 0 Å². The number of pyridine rings is 1. The smallest absolute Gasteiger partial charge is 0.170 e. The van der Waals surface area contributed by atoms with Crippen LogP contribution in [0.5, 0.6) is 5.75 Å². The Hall–Kier alpha value is -2.86. The van der Waals surface area contributed by atoms with Crippen molar-refractivity contribution in [2.75, 3.05) is 13.7 Å². The summed E-state index contributed by atoms with van der Waals surface area (Å²) in [5.74, 6) is 0.852. The molecule has 1 aromatic carbocycles. The zero-order chi connectivity index (χ0) is 21.1. The molecule has 0 bridgehead atoms. The third kappa shape index (κ3) is 3.79. The molecule has 0 spiro atoms. The predicted octanol–water partition coefficient (Wildman–Crippen LogP) is 4.96. The Bertz CT molecular complexity index is 1000. The second-order valence-electron chi connectivity index (χ2n) is 7.61. The first kappa shape index (κ1) is 20.4. The molecule has 0 saturated carbocycles. The summed E-state index contributed by atoms with van der Waals surface area (Å²) in [5, 5.41) is 4.34. The van der Waals surface area contributed by atoms with Crippen molar-refractivity contribution in [3.8, 4) is 11.4 Å². The van der Waals surface area contributed by atoms with Crippen molar-refractivity contribution < 1.29 is 4.74 Å². The fourth-order valence-corrected chi connectivity index (χ4v) is 4.50. The molecule has 0 unspecified atom stereocenters. The van der Waals surface area contributed by atoms with Crippen molar-refractivity contribution in [3.05, 3.63) is 77.9 Å². The summed E-state index contributed by atoms with van der Waals surface area (Å²) >= 11 is 5.77. The number of unbranched alkanes of at least 4 members (excludes halogenated alkanes) is 1. The largest absolute Gasteiger partial charge is 0.497 e. The summed E-state index contributed by atoms with van der Waals surface area (Å²) in [7, 11) is 1.69. The Balaban J connectivity index is 1.81. The highest BCUT2D eigenvalue weighted by Crippen LogP contribution is 2.40. The molecule has 1 N–H and O–H groups in total. The lowest BCUT2D eigenvalue weighted by atomic mass is 10.0. The van der Waals surface area contributed by atoms with Gasteiger partial charge >= 0.3 is 0 Å². The fraction of sp³-hybridized carbons (Fsp3) is 0.333. The van der Waals surface area contributed by atoms with Crippen molar-refractivity contribution >= 4 is 17.3 Å². The maximum absolute atomic E-state index is 5.77. The van der Waals surface area contributed by atoms with E-state index in [1.807, 2.05) is 30.5 Å². The van der Waals surface area contributed by atoms with Gasteiger partial charge in [0.2, 0.25) is 0 Å². The summed E-state index contributed by atoms with van der Waals surface area (Å²) in [6, 6.07) is 18.7. The Morgan fingerprint density at radius 2 is 1.90 bits per heavy atom. The van der Waals surface area contributed by atoms with E-state index in [0.717, 1.165) is 41.6 Å². The van der Waals surface area contributed by atoms with Crippen LogP contribution in [0, 0.1) is 6.92 Å².